The summed E-state index contributed by atoms with van der Waals surface area (Å²) in [6, 6.07) is 23.3. The SMILES string of the molecule is NC(=O)NCCC(=O)N(Cc1ccc(-c2ccccc2)cc1)Cc1cccc2c1OCO2. The summed E-state index contributed by atoms with van der Waals surface area (Å²) >= 11 is 0. The van der Waals surface area contributed by atoms with Gasteiger partial charge in [-0.05, 0) is 22.8 Å². The van der Waals surface area contributed by atoms with Gasteiger partial charge in [-0.3, -0.25) is 4.79 Å². The second kappa shape index (κ2) is 9.87. The van der Waals surface area contributed by atoms with Crippen LogP contribution in [0.3, 0.4) is 0 Å². The monoisotopic (exact) mass is 431 g/mol. The molecule has 32 heavy (non-hydrogen) atoms. The van der Waals surface area contributed by atoms with Gasteiger partial charge in [0.1, 0.15) is 0 Å². The fourth-order valence-electron chi connectivity index (χ4n) is 3.66. The van der Waals surface area contributed by atoms with E-state index in [-0.39, 0.29) is 25.7 Å². The number of hydrogen-bond acceptors (Lipinski definition) is 4. The molecular formula is C25H25N3O4. The van der Waals surface area contributed by atoms with Gasteiger partial charge in [0, 0.05) is 31.6 Å². The van der Waals surface area contributed by atoms with Gasteiger partial charge in [-0.1, -0.05) is 66.7 Å². The quantitative estimate of drug-likeness (QED) is 0.569. The molecule has 0 saturated carbocycles. The van der Waals surface area contributed by atoms with Gasteiger partial charge in [-0.2, -0.15) is 0 Å². The molecule has 0 fully saturated rings. The number of nitrogens with one attached hydrogen (secondary N) is 1. The van der Waals surface area contributed by atoms with Gasteiger partial charge in [-0.15, -0.1) is 0 Å². The van der Waals surface area contributed by atoms with Gasteiger partial charge >= 0.3 is 6.03 Å². The molecule has 0 atom stereocenters. The summed E-state index contributed by atoms with van der Waals surface area (Å²) in [5.41, 5.74) is 9.25. The van der Waals surface area contributed by atoms with E-state index in [4.69, 9.17) is 15.2 Å². The molecule has 0 aliphatic carbocycles. The maximum Gasteiger partial charge on any atom is 0.312 e. The van der Waals surface area contributed by atoms with E-state index < -0.39 is 6.03 Å². The summed E-state index contributed by atoms with van der Waals surface area (Å²) < 4.78 is 11.1. The van der Waals surface area contributed by atoms with E-state index in [0.29, 0.717) is 24.6 Å². The van der Waals surface area contributed by atoms with Crippen LogP contribution >= 0.6 is 0 Å². The van der Waals surface area contributed by atoms with Crippen molar-refractivity contribution in [1.29, 1.82) is 0 Å². The summed E-state index contributed by atoms with van der Waals surface area (Å²) in [6.07, 6.45) is 0.150. The molecule has 3 N–H and O–H groups in total. The van der Waals surface area contributed by atoms with Crippen molar-refractivity contribution >= 4 is 11.9 Å². The van der Waals surface area contributed by atoms with Crippen LogP contribution in [0, 0.1) is 0 Å². The van der Waals surface area contributed by atoms with Crippen molar-refractivity contribution < 1.29 is 19.1 Å². The Morgan fingerprint density at radius 1 is 0.875 bits per heavy atom. The number of urea groups is 1. The number of fused-ring (bicyclic) bond motifs is 1. The Hall–Kier alpha value is -4.00. The predicted molar refractivity (Wildman–Crippen MR) is 121 cm³/mol. The Bertz CT molecular complexity index is 1080. The van der Waals surface area contributed by atoms with Crippen molar-refractivity contribution in [3.05, 3.63) is 83.9 Å². The lowest BCUT2D eigenvalue weighted by atomic mass is 10.0. The molecule has 1 aliphatic heterocycles. The summed E-state index contributed by atoms with van der Waals surface area (Å²) in [5.74, 6) is 1.25. The molecule has 1 heterocycles. The van der Waals surface area contributed by atoms with E-state index in [9.17, 15) is 9.59 Å². The Kier molecular flexibility index (Phi) is 6.55. The number of carbonyl (C=O) groups excluding carboxylic acids is 2. The molecule has 0 saturated heterocycles. The van der Waals surface area contributed by atoms with Crippen molar-refractivity contribution in [2.75, 3.05) is 13.3 Å². The molecule has 164 valence electrons. The van der Waals surface area contributed by atoms with E-state index in [2.05, 4.69) is 29.6 Å². The minimum Gasteiger partial charge on any atom is -0.454 e. The summed E-state index contributed by atoms with van der Waals surface area (Å²) in [4.78, 5) is 25.7. The highest BCUT2D eigenvalue weighted by atomic mass is 16.7. The topological polar surface area (TPSA) is 93.9 Å². The second-order valence-corrected chi connectivity index (χ2v) is 7.50. The molecule has 7 heteroatoms. The number of para-hydroxylation sites is 1. The van der Waals surface area contributed by atoms with Crippen LogP contribution in [0.2, 0.25) is 0 Å². The standard InChI is InChI=1S/C25H25N3O4/c26-25(30)27-14-13-23(29)28(16-21-7-4-8-22-24(21)32-17-31-22)15-18-9-11-20(12-10-18)19-5-2-1-3-6-19/h1-12H,13-17H2,(H3,26,27,30). The van der Waals surface area contributed by atoms with Gasteiger partial charge in [0.2, 0.25) is 12.7 Å². The van der Waals surface area contributed by atoms with Gasteiger partial charge in [-0.25, -0.2) is 4.79 Å². The van der Waals surface area contributed by atoms with Crippen molar-refractivity contribution in [2.45, 2.75) is 19.5 Å². The van der Waals surface area contributed by atoms with Gasteiger partial charge in [0.15, 0.2) is 11.5 Å². The summed E-state index contributed by atoms with van der Waals surface area (Å²) in [5, 5.41) is 2.47. The molecule has 7 nitrogen and oxygen atoms in total. The number of hydrogen-bond donors (Lipinski definition) is 2. The van der Waals surface area contributed by atoms with E-state index >= 15 is 0 Å². The average molecular weight is 431 g/mol. The lowest BCUT2D eigenvalue weighted by Gasteiger charge is -2.24. The Labute approximate surface area is 186 Å². The third-order valence-corrected chi connectivity index (χ3v) is 5.26. The molecule has 3 amide bonds. The molecule has 0 bridgehead atoms. The Morgan fingerprint density at radius 3 is 2.38 bits per heavy atom. The fraction of sp³-hybridized carbons (Fsp3) is 0.200. The zero-order valence-corrected chi connectivity index (χ0v) is 17.6. The first-order valence-corrected chi connectivity index (χ1v) is 10.4. The van der Waals surface area contributed by atoms with E-state index in [0.717, 1.165) is 22.3 Å². The smallest absolute Gasteiger partial charge is 0.312 e. The maximum atomic E-state index is 13.0. The van der Waals surface area contributed by atoms with Crippen LogP contribution in [0.15, 0.2) is 72.8 Å². The summed E-state index contributed by atoms with van der Waals surface area (Å²) in [6.45, 7) is 1.14. The molecule has 3 aromatic rings. The number of ether oxygens (including phenoxy) is 2. The normalized spacial score (nSPS) is 11.8. The number of carbonyl (C=O) groups is 2. The van der Waals surface area contributed by atoms with Crippen LogP contribution < -0.4 is 20.5 Å². The van der Waals surface area contributed by atoms with Crippen LogP contribution in [-0.4, -0.2) is 30.2 Å². The number of benzene rings is 3. The third-order valence-electron chi connectivity index (χ3n) is 5.26. The molecule has 0 radical (unpaired) electrons. The van der Waals surface area contributed by atoms with Gasteiger partial charge < -0.3 is 25.4 Å². The summed E-state index contributed by atoms with van der Waals surface area (Å²) in [7, 11) is 0. The number of rotatable bonds is 8. The zero-order chi connectivity index (χ0) is 22.3. The lowest BCUT2D eigenvalue weighted by Crippen LogP contribution is -2.35. The first kappa shape index (κ1) is 21.2. The molecule has 3 aromatic carbocycles. The number of nitrogens with two attached hydrogens (primary N) is 1. The number of nitrogens with zero attached hydrogens (tertiary/aromatic N) is 1. The highest BCUT2D eigenvalue weighted by molar-refractivity contribution is 5.78. The largest absolute Gasteiger partial charge is 0.454 e. The van der Waals surface area contributed by atoms with Gasteiger partial charge in [0.05, 0.1) is 0 Å². The van der Waals surface area contributed by atoms with E-state index in [1.807, 2.05) is 48.5 Å². The van der Waals surface area contributed by atoms with Crippen molar-refractivity contribution in [3.63, 3.8) is 0 Å². The Morgan fingerprint density at radius 2 is 1.62 bits per heavy atom. The zero-order valence-electron chi connectivity index (χ0n) is 17.6. The average Bonchev–Trinajstić information content (AvgIpc) is 3.29. The molecule has 4 rings (SSSR count). The van der Waals surface area contributed by atoms with E-state index in [1.165, 1.54) is 0 Å². The van der Waals surface area contributed by atoms with Crippen LogP contribution in [0.5, 0.6) is 11.5 Å². The molecule has 0 unspecified atom stereocenters. The van der Waals surface area contributed by atoms with Crippen molar-refractivity contribution in [1.82, 2.24) is 10.2 Å². The van der Waals surface area contributed by atoms with Crippen molar-refractivity contribution in [3.8, 4) is 22.6 Å². The van der Waals surface area contributed by atoms with Crippen molar-refractivity contribution in [2.24, 2.45) is 5.73 Å². The number of amides is 3. The molecule has 0 spiro atoms. The molecular weight excluding hydrogens is 406 g/mol. The van der Waals surface area contributed by atoms with Crippen LogP contribution in [-0.2, 0) is 17.9 Å². The first-order chi connectivity index (χ1) is 15.6. The Balaban J connectivity index is 1.51. The van der Waals surface area contributed by atoms with Crippen LogP contribution in [0.4, 0.5) is 4.79 Å². The van der Waals surface area contributed by atoms with E-state index in [1.54, 1.807) is 4.90 Å². The second-order valence-electron chi connectivity index (χ2n) is 7.50. The van der Waals surface area contributed by atoms with Gasteiger partial charge in [0.25, 0.3) is 0 Å². The maximum absolute atomic E-state index is 13.0. The fourth-order valence-corrected chi connectivity index (χ4v) is 3.66. The highest BCUT2D eigenvalue weighted by Crippen LogP contribution is 2.36. The first-order valence-electron chi connectivity index (χ1n) is 10.4. The minimum absolute atomic E-state index is 0.0950. The van der Waals surface area contributed by atoms with Crippen LogP contribution in [0.1, 0.15) is 17.5 Å². The molecule has 0 aromatic heterocycles. The predicted octanol–water partition coefficient (Wildman–Crippen LogP) is 3.67. The highest BCUT2D eigenvalue weighted by Gasteiger charge is 2.21. The third kappa shape index (κ3) is 5.18. The minimum atomic E-state index is -0.646. The lowest BCUT2D eigenvalue weighted by molar-refractivity contribution is -0.132. The molecule has 1 aliphatic rings. The van der Waals surface area contributed by atoms with Crippen LogP contribution in [0.25, 0.3) is 11.1 Å². The number of primary amides is 1.